The Morgan fingerprint density at radius 3 is 2.79 bits per heavy atom. The van der Waals surface area contributed by atoms with Gasteiger partial charge in [0.2, 0.25) is 5.95 Å². The summed E-state index contributed by atoms with van der Waals surface area (Å²) < 4.78 is 0. The molecule has 92 valence electrons. The lowest BCUT2D eigenvalue weighted by Gasteiger charge is -2.25. The van der Waals surface area contributed by atoms with Crippen molar-refractivity contribution in [2.24, 2.45) is 0 Å². The Labute approximate surface area is 111 Å². The first-order valence-corrected chi connectivity index (χ1v) is 6.40. The van der Waals surface area contributed by atoms with Crippen LogP contribution in [0.3, 0.4) is 0 Å². The number of H-pyrrole nitrogens is 1. The molecule has 1 aliphatic heterocycles. The maximum absolute atomic E-state index is 4.67. The van der Waals surface area contributed by atoms with E-state index >= 15 is 0 Å². The molecule has 1 aliphatic rings. The van der Waals surface area contributed by atoms with Gasteiger partial charge in [-0.3, -0.25) is 0 Å². The van der Waals surface area contributed by atoms with Crippen LogP contribution < -0.4 is 4.90 Å². The summed E-state index contributed by atoms with van der Waals surface area (Å²) in [5, 5.41) is 0. The number of nitrogens with zero attached hydrogens (tertiary/aromatic N) is 2. The van der Waals surface area contributed by atoms with Crippen molar-refractivity contribution >= 4 is 28.7 Å². The molecule has 0 unspecified atom stereocenters. The third-order valence-electron chi connectivity index (χ3n) is 3.45. The molecule has 4 rings (SSSR count). The summed E-state index contributed by atoms with van der Waals surface area (Å²) in [7, 11) is 0. The van der Waals surface area contributed by atoms with E-state index in [1.54, 1.807) is 0 Å². The number of anilines is 2. The highest BCUT2D eigenvalue weighted by Gasteiger charge is 2.17. The summed E-state index contributed by atoms with van der Waals surface area (Å²) in [5.74, 6) is 0.901. The number of hydrogen-bond donors (Lipinski definition) is 1. The number of benzene rings is 2. The summed E-state index contributed by atoms with van der Waals surface area (Å²) in [6.45, 7) is 0.844. The largest absolute Gasteiger partial charge is 0.324 e. The van der Waals surface area contributed by atoms with Crippen molar-refractivity contribution in [2.75, 3.05) is 11.4 Å². The fourth-order valence-corrected chi connectivity index (χ4v) is 2.53. The number of aromatic nitrogens is 2. The van der Waals surface area contributed by atoms with Gasteiger partial charge in [-0.05, 0) is 23.8 Å². The van der Waals surface area contributed by atoms with Gasteiger partial charge in [0.15, 0.2) is 0 Å². The van der Waals surface area contributed by atoms with Gasteiger partial charge < -0.3 is 9.88 Å². The maximum Gasteiger partial charge on any atom is 0.208 e. The predicted molar refractivity (Wildman–Crippen MR) is 78.6 cm³/mol. The van der Waals surface area contributed by atoms with Gasteiger partial charge in [-0.25, -0.2) is 4.98 Å². The highest BCUT2D eigenvalue weighted by atomic mass is 15.3. The molecule has 0 bridgehead atoms. The summed E-state index contributed by atoms with van der Waals surface area (Å²) >= 11 is 0. The predicted octanol–water partition coefficient (Wildman–Crippen LogP) is 3.73. The van der Waals surface area contributed by atoms with Crippen LogP contribution in [0, 0.1) is 0 Å². The van der Waals surface area contributed by atoms with Crippen LogP contribution in [0.1, 0.15) is 5.56 Å². The van der Waals surface area contributed by atoms with Gasteiger partial charge in [-0.2, -0.15) is 0 Å². The van der Waals surface area contributed by atoms with E-state index in [-0.39, 0.29) is 0 Å². The van der Waals surface area contributed by atoms with Crippen LogP contribution in [0.5, 0.6) is 0 Å². The van der Waals surface area contributed by atoms with Crippen molar-refractivity contribution in [1.82, 2.24) is 9.97 Å². The van der Waals surface area contributed by atoms with E-state index in [9.17, 15) is 0 Å². The molecule has 0 atom stereocenters. The highest BCUT2D eigenvalue weighted by Crippen LogP contribution is 2.31. The Morgan fingerprint density at radius 1 is 1.00 bits per heavy atom. The lowest BCUT2D eigenvalue weighted by Crippen LogP contribution is -2.21. The molecule has 3 aromatic rings. The Morgan fingerprint density at radius 2 is 1.84 bits per heavy atom. The van der Waals surface area contributed by atoms with Gasteiger partial charge in [0.05, 0.1) is 16.7 Å². The number of nitrogens with one attached hydrogen (secondary N) is 1. The van der Waals surface area contributed by atoms with Crippen LogP contribution in [0.15, 0.2) is 54.6 Å². The average Bonchev–Trinajstić information content (AvgIpc) is 2.90. The smallest absolute Gasteiger partial charge is 0.208 e. The summed E-state index contributed by atoms with van der Waals surface area (Å²) in [6, 6.07) is 16.5. The molecule has 2 aromatic carbocycles. The van der Waals surface area contributed by atoms with Crippen molar-refractivity contribution in [3.05, 3.63) is 60.2 Å². The first-order chi connectivity index (χ1) is 9.42. The fraction of sp³-hybridized carbons (Fsp3) is 0.0625. The molecular formula is C16H13N3. The van der Waals surface area contributed by atoms with Crippen LogP contribution in [-0.2, 0) is 0 Å². The number of hydrogen-bond acceptors (Lipinski definition) is 2. The van der Waals surface area contributed by atoms with Crippen LogP contribution >= 0.6 is 0 Å². The summed E-state index contributed by atoms with van der Waals surface area (Å²) in [6.07, 6.45) is 4.32. The van der Waals surface area contributed by atoms with Gasteiger partial charge in [0.25, 0.3) is 0 Å². The number of rotatable bonds is 1. The molecule has 0 spiro atoms. The number of para-hydroxylation sites is 3. The topological polar surface area (TPSA) is 31.9 Å². The van der Waals surface area contributed by atoms with Crippen molar-refractivity contribution in [1.29, 1.82) is 0 Å². The summed E-state index contributed by atoms with van der Waals surface area (Å²) in [4.78, 5) is 10.3. The van der Waals surface area contributed by atoms with Gasteiger partial charge in [-0.1, -0.05) is 42.5 Å². The Hall–Kier alpha value is -2.55. The van der Waals surface area contributed by atoms with E-state index in [4.69, 9.17) is 0 Å². The van der Waals surface area contributed by atoms with Crippen LogP contribution in [0.25, 0.3) is 17.1 Å². The Kier molecular flexibility index (Phi) is 2.18. The molecular weight excluding hydrogens is 234 g/mol. The first kappa shape index (κ1) is 10.4. The second-order valence-electron chi connectivity index (χ2n) is 4.65. The van der Waals surface area contributed by atoms with Crippen LogP contribution in [-0.4, -0.2) is 16.5 Å². The zero-order valence-electron chi connectivity index (χ0n) is 10.4. The molecule has 0 aliphatic carbocycles. The van der Waals surface area contributed by atoms with Gasteiger partial charge in [0, 0.05) is 6.54 Å². The second-order valence-corrected chi connectivity index (χ2v) is 4.65. The van der Waals surface area contributed by atoms with Gasteiger partial charge >= 0.3 is 0 Å². The molecule has 3 heteroatoms. The molecule has 0 amide bonds. The Balaban J connectivity index is 1.86. The van der Waals surface area contributed by atoms with Crippen molar-refractivity contribution in [3.8, 4) is 0 Å². The van der Waals surface area contributed by atoms with Crippen LogP contribution in [0.4, 0.5) is 11.6 Å². The van der Waals surface area contributed by atoms with E-state index in [1.807, 2.05) is 18.2 Å². The summed E-state index contributed by atoms with van der Waals surface area (Å²) in [5.41, 5.74) is 4.51. The minimum absolute atomic E-state index is 0.844. The zero-order chi connectivity index (χ0) is 12.7. The van der Waals surface area contributed by atoms with Crippen LogP contribution in [0.2, 0.25) is 0 Å². The lowest BCUT2D eigenvalue weighted by molar-refractivity contribution is 1.02. The van der Waals surface area contributed by atoms with E-state index in [0.717, 1.165) is 23.5 Å². The normalized spacial score (nSPS) is 13.8. The number of fused-ring (bicyclic) bond motifs is 2. The van der Waals surface area contributed by atoms with Crippen molar-refractivity contribution < 1.29 is 0 Å². The highest BCUT2D eigenvalue weighted by molar-refractivity contribution is 5.81. The minimum atomic E-state index is 0.844. The van der Waals surface area contributed by atoms with E-state index in [1.165, 1.54) is 11.3 Å². The SMILES string of the molecule is C1=Cc2ccccc2N(c2nc3ccccc3[nH]2)C1. The quantitative estimate of drug-likeness (QED) is 0.710. The third-order valence-corrected chi connectivity index (χ3v) is 3.45. The Bertz CT molecular complexity index is 737. The molecule has 0 saturated carbocycles. The minimum Gasteiger partial charge on any atom is -0.324 e. The van der Waals surface area contributed by atoms with E-state index in [0.29, 0.717) is 0 Å². The second kappa shape index (κ2) is 3.99. The third kappa shape index (κ3) is 1.63. The molecule has 0 fully saturated rings. The number of imidazole rings is 1. The van der Waals surface area contributed by atoms with E-state index < -0.39 is 0 Å². The standard InChI is InChI=1S/C16H13N3/c1-4-10-15-12(6-1)7-5-11-19(15)16-17-13-8-2-3-9-14(13)18-16/h1-10H,11H2,(H,17,18). The molecule has 2 heterocycles. The average molecular weight is 247 g/mol. The zero-order valence-corrected chi connectivity index (χ0v) is 10.4. The van der Waals surface area contributed by atoms with Crippen molar-refractivity contribution in [2.45, 2.75) is 0 Å². The molecule has 3 nitrogen and oxygen atoms in total. The molecule has 1 aromatic heterocycles. The monoisotopic (exact) mass is 247 g/mol. The van der Waals surface area contributed by atoms with Crippen molar-refractivity contribution in [3.63, 3.8) is 0 Å². The molecule has 19 heavy (non-hydrogen) atoms. The molecule has 0 saturated heterocycles. The maximum atomic E-state index is 4.67. The fourth-order valence-electron chi connectivity index (χ4n) is 2.53. The van der Waals surface area contributed by atoms with Gasteiger partial charge in [0.1, 0.15) is 0 Å². The molecule has 0 radical (unpaired) electrons. The van der Waals surface area contributed by atoms with Gasteiger partial charge in [-0.15, -0.1) is 0 Å². The lowest BCUT2D eigenvalue weighted by atomic mass is 10.1. The number of aromatic amines is 1. The van der Waals surface area contributed by atoms with E-state index in [2.05, 4.69) is 57.4 Å². The first-order valence-electron chi connectivity index (χ1n) is 6.40. The molecule has 1 N–H and O–H groups in total.